The van der Waals surface area contributed by atoms with Crippen LogP contribution in [0.25, 0.3) is 6.08 Å². The quantitative estimate of drug-likeness (QED) is 0.448. The van der Waals surface area contributed by atoms with Crippen LogP contribution in [0, 0.1) is 13.8 Å². The van der Waals surface area contributed by atoms with E-state index >= 15 is 0 Å². The molecule has 0 aliphatic carbocycles. The van der Waals surface area contributed by atoms with Gasteiger partial charge in [-0.1, -0.05) is 12.1 Å². The third-order valence-corrected chi connectivity index (χ3v) is 7.50. The number of carbonyl (C=O) groups is 4. The lowest BCUT2D eigenvalue weighted by Crippen LogP contribution is -2.44. The Morgan fingerprint density at radius 3 is 2.46 bits per heavy atom. The van der Waals surface area contributed by atoms with Crippen molar-refractivity contribution < 1.29 is 28.7 Å². The fourth-order valence-corrected chi connectivity index (χ4v) is 5.17. The summed E-state index contributed by atoms with van der Waals surface area (Å²) in [7, 11) is 0. The number of anilines is 1. The molecule has 0 atom stereocenters. The van der Waals surface area contributed by atoms with E-state index in [1.165, 1.54) is 0 Å². The summed E-state index contributed by atoms with van der Waals surface area (Å²) < 4.78 is 11.4. The summed E-state index contributed by atoms with van der Waals surface area (Å²) in [4.78, 5) is 53.4. The molecular formula is C29H33N3O6S. The van der Waals surface area contributed by atoms with Crippen molar-refractivity contribution in [3.05, 3.63) is 58.0 Å². The van der Waals surface area contributed by atoms with Gasteiger partial charge in [0.15, 0.2) is 18.1 Å². The van der Waals surface area contributed by atoms with Crippen LogP contribution < -0.4 is 14.8 Å². The molecule has 0 spiro atoms. The van der Waals surface area contributed by atoms with E-state index in [0.717, 1.165) is 47.1 Å². The number of nitrogens with one attached hydrogen (secondary N) is 1. The molecule has 2 aliphatic heterocycles. The number of amides is 4. The van der Waals surface area contributed by atoms with Crippen LogP contribution in [0.4, 0.5) is 10.5 Å². The summed E-state index contributed by atoms with van der Waals surface area (Å²) in [6.07, 6.45) is 4.55. The van der Waals surface area contributed by atoms with Crippen molar-refractivity contribution in [3.63, 3.8) is 0 Å². The van der Waals surface area contributed by atoms with Crippen molar-refractivity contribution in [3.8, 4) is 11.5 Å². The van der Waals surface area contributed by atoms with Crippen molar-refractivity contribution in [2.75, 3.05) is 38.2 Å². The third-order valence-electron chi connectivity index (χ3n) is 6.59. The molecule has 4 rings (SSSR count). The zero-order chi connectivity index (χ0) is 27.9. The second-order valence-corrected chi connectivity index (χ2v) is 10.5. The molecule has 0 radical (unpaired) electrons. The molecule has 0 saturated carbocycles. The van der Waals surface area contributed by atoms with Gasteiger partial charge in [-0.3, -0.25) is 24.1 Å². The molecule has 0 unspecified atom stereocenters. The lowest BCUT2D eigenvalue weighted by molar-refractivity contribution is -0.136. The van der Waals surface area contributed by atoms with Crippen LogP contribution in [0.5, 0.6) is 11.5 Å². The minimum Gasteiger partial charge on any atom is -0.490 e. The predicted octanol–water partition coefficient (Wildman–Crippen LogP) is 4.77. The number of aryl methyl sites for hydroxylation is 2. The maximum absolute atomic E-state index is 12.9. The Balaban J connectivity index is 1.40. The molecule has 2 heterocycles. The van der Waals surface area contributed by atoms with Gasteiger partial charge in [0.2, 0.25) is 5.91 Å². The van der Waals surface area contributed by atoms with Gasteiger partial charge in [0.05, 0.1) is 11.5 Å². The number of hydrogen-bond acceptors (Lipinski definition) is 7. The molecule has 2 aromatic rings. The standard InChI is InChI=1S/C29H33N3O6S/c1-4-37-24-15-21(9-11-23(24)38-18-26(33)30-22-10-8-19(2)20(3)14-22)16-25-28(35)32(29(36)39-25)17-27(34)31-12-6-5-7-13-31/h8-11,14-16H,4-7,12-13,17-18H2,1-3H3,(H,30,33)/b25-16-. The van der Waals surface area contributed by atoms with Crippen molar-refractivity contribution in [2.24, 2.45) is 0 Å². The van der Waals surface area contributed by atoms with Crippen molar-refractivity contribution in [1.29, 1.82) is 0 Å². The van der Waals surface area contributed by atoms with E-state index in [1.54, 1.807) is 29.2 Å². The molecule has 0 aromatic heterocycles. The lowest BCUT2D eigenvalue weighted by atomic mass is 10.1. The molecule has 10 heteroatoms. The molecule has 4 amide bonds. The molecular weight excluding hydrogens is 518 g/mol. The molecule has 206 valence electrons. The second-order valence-electron chi connectivity index (χ2n) is 9.48. The summed E-state index contributed by atoms with van der Waals surface area (Å²) >= 11 is 0.808. The van der Waals surface area contributed by atoms with E-state index in [1.807, 2.05) is 39.0 Å². The number of nitrogens with zero attached hydrogens (tertiary/aromatic N) is 2. The average Bonchev–Trinajstić information content (AvgIpc) is 3.18. The number of benzene rings is 2. The summed E-state index contributed by atoms with van der Waals surface area (Å²) in [5.74, 6) is -0.219. The van der Waals surface area contributed by atoms with Crippen LogP contribution in [0.3, 0.4) is 0 Å². The largest absolute Gasteiger partial charge is 0.490 e. The number of imide groups is 1. The van der Waals surface area contributed by atoms with E-state index in [9.17, 15) is 19.2 Å². The average molecular weight is 552 g/mol. The first-order chi connectivity index (χ1) is 18.7. The number of thioether (sulfide) groups is 1. The number of ether oxygens (including phenoxy) is 2. The van der Waals surface area contributed by atoms with E-state index < -0.39 is 11.1 Å². The highest BCUT2D eigenvalue weighted by molar-refractivity contribution is 8.18. The Morgan fingerprint density at radius 2 is 1.74 bits per heavy atom. The Hall–Kier alpha value is -3.79. The SMILES string of the molecule is CCOc1cc(/C=C2\SC(=O)N(CC(=O)N3CCCCC3)C2=O)ccc1OCC(=O)Nc1ccc(C)c(C)c1. The Bertz CT molecular complexity index is 1300. The summed E-state index contributed by atoms with van der Waals surface area (Å²) in [5, 5.41) is 2.36. The summed E-state index contributed by atoms with van der Waals surface area (Å²) in [5.41, 5.74) is 3.53. The lowest BCUT2D eigenvalue weighted by Gasteiger charge is -2.27. The second kappa shape index (κ2) is 12.8. The van der Waals surface area contributed by atoms with Gasteiger partial charge in [0.25, 0.3) is 17.1 Å². The first-order valence-electron chi connectivity index (χ1n) is 13.0. The van der Waals surface area contributed by atoms with Gasteiger partial charge >= 0.3 is 0 Å². The minimum absolute atomic E-state index is 0.208. The van der Waals surface area contributed by atoms with Crippen LogP contribution >= 0.6 is 11.8 Å². The van der Waals surface area contributed by atoms with Crippen LogP contribution in [-0.2, 0) is 14.4 Å². The molecule has 9 nitrogen and oxygen atoms in total. The van der Waals surface area contributed by atoms with Gasteiger partial charge in [0, 0.05) is 18.8 Å². The van der Waals surface area contributed by atoms with Gasteiger partial charge in [-0.25, -0.2) is 0 Å². The monoisotopic (exact) mass is 551 g/mol. The Labute approximate surface area is 232 Å². The zero-order valence-electron chi connectivity index (χ0n) is 22.5. The maximum atomic E-state index is 12.9. The number of carbonyl (C=O) groups excluding carboxylic acids is 4. The maximum Gasteiger partial charge on any atom is 0.294 e. The van der Waals surface area contributed by atoms with E-state index in [2.05, 4.69) is 5.32 Å². The van der Waals surface area contributed by atoms with Crippen molar-refractivity contribution in [1.82, 2.24) is 9.80 Å². The third kappa shape index (κ3) is 7.20. The number of likely N-dealkylation sites (tertiary alicyclic amines) is 1. The van der Waals surface area contributed by atoms with Gasteiger partial charge in [-0.15, -0.1) is 0 Å². The van der Waals surface area contributed by atoms with Crippen LogP contribution in [-0.4, -0.2) is 65.6 Å². The predicted molar refractivity (Wildman–Crippen MR) is 151 cm³/mol. The van der Waals surface area contributed by atoms with Crippen molar-refractivity contribution >= 4 is 46.5 Å². The summed E-state index contributed by atoms with van der Waals surface area (Å²) in [6, 6.07) is 10.7. The normalized spacial score (nSPS) is 16.5. The van der Waals surface area contributed by atoms with Gasteiger partial charge in [0.1, 0.15) is 6.54 Å². The highest BCUT2D eigenvalue weighted by atomic mass is 32.2. The first kappa shape index (κ1) is 28.2. The van der Waals surface area contributed by atoms with Gasteiger partial charge in [-0.05, 0) is 98.8 Å². The number of rotatable bonds is 9. The van der Waals surface area contributed by atoms with Crippen LogP contribution in [0.1, 0.15) is 42.9 Å². The molecule has 1 N–H and O–H groups in total. The fourth-order valence-electron chi connectivity index (χ4n) is 4.33. The van der Waals surface area contributed by atoms with E-state index in [0.29, 0.717) is 42.4 Å². The highest BCUT2D eigenvalue weighted by Crippen LogP contribution is 2.35. The minimum atomic E-state index is -0.489. The molecule has 0 bridgehead atoms. The highest BCUT2D eigenvalue weighted by Gasteiger charge is 2.37. The van der Waals surface area contributed by atoms with E-state index in [-0.39, 0.29) is 29.9 Å². The molecule has 2 aliphatic rings. The number of piperidine rings is 1. The smallest absolute Gasteiger partial charge is 0.294 e. The Kier molecular flexibility index (Phi) is 9.29. The van der Waals surface area contributed by atoms with Crippen LogP contribution in [0.2, 0.25) is 0 Å². The molecule has 2 fully saturated rings. The first-order valence-corrected chi connectivity index (χ1v) is 13.9. The topological polar surface area (TPSA) is 105 Å². The van der Waals surface area contributed by atoms with Crippen LogP contribution in [0.15, 0.2) is 41.3 Å². The van der Waals surface area contributed by atoms with Crippen molar-refractivity contribution in [2.45, 2.75) is 40.0 Å². The van der Waals surface area contributed by atoms with Gasteiger partial charge < -0.3 is 19.7 Å². The molecule has 2 aromatic carbocycles. The van der Waals surface area contributed by atoms with Gasteiger partial charge in [-0.2, -0.15) is 0 Å². The zero-order valence-corrected chi connectivity index (χ0v) is 23.3. The summed E-state index contributed by atoms with van der Waals surface area (Å²) in [6.45, 7) is 7.04. The number of hydrogen-bond donors (Lipinski definition) is 1. The fraction of sp³-hybridized carbons (Fsp3) is 0.379. The molecule has 2 saturated heterocycles. The van der Waals surface area contributed by atoms with E-state index in [4.69, 9.17) is 9.47 Å². The Morgan fingerprint density at radius 1 is 0.974 bits per heavy atom. The molecule has 39 heavy (non-hydrogen) atoms.